The number of aryl methyl sites for hydroxylation is 1. The summed E-state index contributed by atoms with van der Waals surface area (Å²) in [6, 6.07) is 1.70. The van der Waals surface area contributed by atoms with Crippen LogP contribution >= 0.6 is 23.2 Å². The lowest BCUT2D eigenvalue weighted by molar-refractivity contribution is -0.193. The Morgan fingerprint density at radius 1 is 1.03 bits per heavy atom. The number of carbonyl (C=O) groups is 3. The fourth-order valence-electron chi connectivity index (χ4n) is 2.28. The van der Waals surface area contributed by atoms with Crippen molar-refractivity contribution in [3.05, 3.63) is 33.8 Å². The van der Waals surface area contributed by atoms with Gasteiger partial charge in [0.2, 0.25) is 0 Å². The molecule has 0 aromatic carbocycles. The van der Waals surface area contributed by atoms with E-state index in [1.165, 1.54) is 6.20 Å². The number of alkyl halides is 6. The molecule has 0 fully saturated rings. The van der Waals surface area contributed by atoms with E-state index in [0.29, 0.717) is 22.6 Å². The largest absolute Gasteiger partial charge is 0.490 e. The minimum atomic E-state index is -5.08. The van der Waals surface area contributed by atoms with Crippen LogP contribution in [0.1, 0.15) is 29.9 Å². The summed E-state index contributed by atoms with van der Waals surface area (Å²) in [4.78, 5) is 44.4. The zero-order chi connectivity index (χ0) is 30.9. The van der Waals surface area contributed by atoms with Crippen molar-refractivity contribution in [3.63, 3.8) is 0 Å². The van der Waals surface area contributed by atoms with Crippen LogP contribution in [0.5, 0.6) is 0 Å². The minimum Gasteiger partial charge on any atom is -0.475 e. The number of aromatic nitrogens is 3. The van der Waals surface area contributed by atoms with Crippen LogP contribution in [0, 0.1) is 12.8 Å². The number of amides is 1. The number of carboxylic acid groups (broad SMARTS) is 2. The Morgan fingerprint density at radius 2 is 1.49 bits per heavy atom. The molecule has 0 radical (unpaired) electrons. The van der Waals surface area contributed by atoms with Gasteiger partial charge >= 0.3 is 24.3 Å². The number of rotatable bonds is 5. The molecule has 1 amide bonds. The molecule has 11 nitrogen and oxygen atoms in total. The SMILES string of the molecule is Cc1cc(NC(=O)c2nc(Cl)c(N(C)CC(C)C)nc2N)cnc1Cl.O=C(O)C(F)(F)F.O=C(O)C(F)(F)F. The first-order valence-corrected chi connectivity index (χ1v) is 10.9. The molecule has 0 saturated heterocycles. The Balaban J connectivity index is 0.000000848. The van der Waals surface area contributed by atoms with Gasteiger partial charge in [-0.25, -0.2) is 24.5 Å². The first-order valence-electron chi connectivity index (χ1n) is 10.2. The molecule has 0 atom stereocenters. The highest BCUT2D eigenvalue weighted by molar-refractivity contribution is 6.32. The lowest BCUT2D eigenvalue weighted by Gasteiger charge is -2.21. The lowest BCUT2D eigenvalue weighted by atomic mass is 10.2. The van der Waals surface area contributed by atoms with Gasteiger partial charge < -0.3 is 26.2 Å². The molecule has 2 heterocycles. The van der Waals surface area contributed by atoms with E-state index in [1.807, 2.05) is 11.9 Å². The number of aliphatic carboxylic acids is 2. The molecule has 19 heteroatoms. The van der Waals surface area contributed by atoms with Gasteiger partial charge in [-0.2, -0.15) is 26.3 Å². The van der Waals surface area contributed by atoms with E-state index in [1.54, 1.807) is 13.0 Å². The Bertz CT molecular complexity index is 1160. The van der Waals surface area contributed by atoms with Gasteiger partial charge in [-0.3, -0.25) is 4.79 Å². The number of pyridine rings is 1. The van der Waals surface area contributed by atoms with E-state index >= 15 is 0 Å². The first-order chi connectivity index (χ1) is 17.6. The van der Waals surface area contributed by atoms with Gasteiger partial charge in [0.1, 0.15) is 5.15 Å². The van der Waals surface area contributed by atoms with Crippen molar-refractivity contribution in [1.29, 1.82) is 0 Å². The molecule has 2 rings (SSSR count). The third kappa shape index (κ3) is 12.7. The quantitative estimate of drug-likeness (QED) is 0.275. The third-order valence-corrected chi connectivity index (χ3v) is 4.49. The van der Waals surface area contributed by atoms with E-state index < -0.39 is 30.2 Å². The predicted molar refractivity (Wildman–Crippen MR) is 129 cm³/mol. The molecule has 218 valence electrons. The van der Waals surface area contributed by atoms with E-state index in [4.69, 9.17) is 48.7 Å². The maximum Gasteiger partial charge on any atom is 0.490 e. The number of hydrogen-bond acceptors (Lipinski definition) is 8. The normalized spacial score (nSPS) is 11.0. The number of carbonyl (C=O) groups excluding carboxylic acids is 1. The van der Waals surface area contributed by atoms with E-state index in [9.17, 15) is 31.1 Å². The molecule has 0 saturated carbocycles. The zero-order valence-corrected chi connectivity index (χ0v) is 22.0. The predicted octanol–water partition coefficient (Wildman–Crippen LogP) is 4.68. The molecule has 39 heavy (non-hydrogen) atoms. The third-order valence-electron chi connectivity index (χ3n) is 3.84. The van der Waals surface area contributed by atoms with Crippen molar-refractivity contribution in [2.45, 2.75) is 33.1 Å². The van der Waals surface area contributed by atoms with Crippen molar-refractivity contribution >= 4 is 58.4 Å². The van der Waals surface area contributed by atoms with Crippen LogP contribution in [0.25, 0.3) is 0 Å². The summed E-state index contributed by atoms with van der Waals surface area (Å²) in [6.45, 7) is 6.67. The number of hydrogen-bond donors (Lipinski definition) is 4. The fraction of sp³-hybridized carbons (Fsp3) is 0.400. The average molecular weight is 611 g/mol. The molecule has 0 aliphatic rings. The number of carboxylic acids is 2. The second-order valence-corrected chi connectivity index (χ2v) is 8.45. The van der Waals surface area contributed by atoms with E-state index in [0.717, 1.165) is 12.1 Å². The highest BCUT2D eigenvalue weighted by Gasteiger charge is 2.38. The molecule has 0 aliphatic heterocycles. The monoisotopic (exact) mass is 610 g/mol. The molecular weight excluding hydrogens is 589 g/mol. The van der Waals surface area contributed by atoms with Crippen LogP contribution < -0.4 is 16.0 Å². The Kier molecular flexibility index (Phi) is 13.2. The highest BCUT2D eigenvalue weighted by atomic mass is 35.5. The Morgan fingerprint density at radius 3 is 1.87 bits per heavy atom. The van der Waals surface area contributed by atoms with Gasteiger partial charge in [-0.15, -0.1) is 0 Å². The molecule has 0 bridgehead atoms. The fourth-order valence-corrected chi connectivity index (χ4v) is 2.65. The maximum absolute atomic E-state index is 12.4. The smallest absolute Gasteiger partial charge is 0.475 e. The second-order valence-electron chi connectivity index (χ2n) is 7.74. The van der Waals surface area contributed by atoms with Crippen LogP contribution in [-0.2, 0) is 9.59 Å². The van der Waals surface area contributed by atoms with Crippen molar-refractivity contribution in [2.75, 3.05) is 29.5 Å². The van der Waals surface area contributed by atoms with Crippen molar-refractivity contribution in [3.8, 4) is 0 Å². The maximum atomic E-state index is 12.4. The first kappa shape index (κ1) is 35.4. The standard InChI is InChI=1S/C16H20Cl2N6O.2C2HF3O2/c1-8(2)7-24(4)15-13(18)22-11(14(19)23-15)16(25)21-10-5-9(3)12(17)20-6-10;2*3-2(4,5)1(6)7/h5-6,8H,7H2,1-4H3,(H2,19,23)(H,21,25);2*(H,6,7). The second kappa shape index (κ2) is 14.5. The Labute approximate surface area is 226 Å². The molecule has 0 spiro atoms. The highest BCUT2D eigenvalue weighted by Crippen LogP contribution is 2.25. The molecule has 0 unspecified atom stereocenters. The number of halogens is 8. The zero-order valence-electron chi connectivity index (χ0n) is 20.4. The topological polar surface area (TPSA) is 172 Å². The number of nitrogens with one attached hydrogen (secondary N) is 1. The molecule has 2 aromatic heterocycles. The van der Waals surface area contributed by atoms with Crippen molar-refractivity contribution in [1.82, 2.24) is 15.0 Å². The summed E-state index contributed by atoms with van der Waals surface area (Å²) in [5.41, 5.74) is 7.08. The number of nitrogen functional groups attached to an aromatic ring is 1. The van der Waals surface area contributed by atoms with Gasteiger partial charge in [-0.1, -0.05) is 37.0 Å². The van der Waals surface area contributed by atoms with Gasteiger partial charge in [0.25, 0.3) is 5.91 Å². The molecular formula is C20H22Cl2F6N6O5. The van der Waals surface area contributed by atoms with Crippen LogP contribution in [0.3, 0.4) is 0 Å². The van der Waals surface area contributed by atoms with Crippen LogP contribution in [-0.4, -0.2) is 69.0 Å². The minimum absolute atomic E-state index is 0.00570. The van der Waals surface area contributed by atoms with Crippen molar-refractivity contribution < 1.29 is 50.9 Å². The van der Waals surface area contributed by atoms with Crippen LogP contribution in [0.2, 0.25) is 10.3 Å². The molecule has 2 aromatic rings. The lowest BCUT2D eigenvalue weighted by Crippen LogP contribution is -2.26. The summed E-state index contributed by atoms with van der Waals surface area (Å²) < 4.78 is 63.5. The average Bonchev–Trinajstić information content (AvgIpc) is 2.76. The summed E-state index contributed by atoms with van der Waals surface area (Å²) in [5.74, 6) is -5.18. The summed E-state index contributed by atoms with van der Waals surface area (Å²) in [6.07, 6.45) is -8.72. The van der Waals surface area contributed by atoms with Gasteiger partial charge in [0.15, 0.2) is 22.5 Å². The number of anilines is 3. The van der Waals surface area contributed by atoms with Crippen LogP contribution in [0.15, 0.2) is 12.3 Å². The van der Waals surface area contributed by atoms with Gasteiger partial charge in [0.05, 0.1) is 11.9 Å². The van der Waals surface area contributed by atoms with Gasteiger partial charge in [-0.05, 0) is 24.5 Å². The van der Waals surface area contributed by atoms with E-state index in [-0.39, 0.29) is 16.7 Å². The summed E-state index contributed by atoms with van der Waals surface area (Å²) >= 11 is 12.1. The van der Waals surface area contributed by atoms with Crippen LogP contribution in [0.4, 0.5) is 43.7 Å². The van der Waals surface area contributed by atoms with E-state index in [2.05, 4.69) is 34.1 Å². The number of nitrogens with two attached hydrogens (primary N) is 1. The molecule has 5 N–H and O–H groups in total. The number of nitrogens with zero attached hydrogens (tertiary/aromatic N) is 4. The Hall–Kier alpha value is -3.60. The van der Waals surface area contributed by atoms with Crippen molar-refractivity contribution in [2.24, 2.45) is 5.92 Å². The molecule has 0 aliphatic carbocycles. The van der Waals surface area contributed by atoms with Gasteiger partial charge in [0, 0.05) is 13.6 Å². The summed E-state index contributed by atoms with van der Waals surface area (Å²) in [7, 11) is 1.84. The summed E-state index contributed by atoms with van der Waals surface area (Å²) in [5, 5.41) is 17.4.